The fraction of sp³-hybridized carbons (Fsp3) is 0.462. The maximum Gasteiger partial charge on any atom is 0.311 e. The number of nitro benzene ring substituents is 1. The minimum Gasteiger partial charge on any atom is -0.474 e. The van der Waals surface area contributed by atoms with Gasteiger partial charge in [-0.15, -0.1) is 0 Å². The van der Waals surface area contributed by atoms with E-state index in [0.717, 1.165) is 12.8 Å². The van der Waals surface area contributed by atoms with E-state index in [1.54, 1.807) is 0 Å². The summed E-state index contributed by atoms with van der Waals surface area (Å²) in [6, 6.07) is 3.98. The normalized spacial score (nSPS) is 11.8. The van der Waals surface area contributed by atoms with Crippen LogP contribution in [0.3, 0.4) is 0 Å². The third-order valence-electron chi connectivity index (χ3n) is 2.62. The summed E-state index contributed by atoms with van der Waals surface area (Å²) in [4.78, 5) is 22.1. The van der Waals surface area contributed by atoms with E-state index in [-0.39, 0.29) is 17.3 Å². The van der Waals surface area contributed by atoms with Gasteiger partial charge in [-0.1, -0.05) is 24.9 Å². The van der Waals surface area contributed by atoms with Gasteiger partial charge in [0.15, 0.2) is 11.9 Å². The van der Waals surface area contributed by atoms with Gasteiger partial charge in [0.1, 0.15) is 0 Å². The Kier molecular flexibility index (Phi) is 6.24. The van der Waals surface area contributed by atoms with E-state index in [9.17, 15) is 14.9 Å². The van der Waals surface area contributed by atoms with Crippen LogP contribution in [0.2, 0.25) is 5.02 Å². The molecule has 0 bridgehead atoms. The largest absolute Gasteiger partial charge is 0.474 e. The molecule has 1 amide bonds. The van der Waals surface area contributed by atoms with Gasteiger partial charge < -0.3 is 10.1 Å². The third-order valence-corrected chi connectivity index (χ3v) is 2.86. The number of carbonyl (C=O) groups excluding carboxylic acids is 1. The zero-order chi connectivity index (χ0) is 15.1. The maximum absolute atomic E-state index is 11.7. The molecule has 0 fully saturated rings. The Morgan fingerprint density at radius 2 is 2.25 bits per heavy atom. The lowest BCUT2D eigenvalue weighted by atomic mass is 10.3. The van der Waals surface area contributed by atoms with Crippen LogP contribution in [0.25, 0.3) is 0 Å². The summed E-state index contributed by atoms with van der Waals surface area (Å²) in [5, 5.41) is 13.9. The molecule has 1 aromatic carbocycles. The number of unbranched alkanes of at least 4 members (excludes halogenated alkanes) is 1. The standard InChI is InChI=1S/C13H17ClN2O4/c1-3-4-7-15-13(17)9(2)20-12-8-10(14)5-6-11(12)16(18)19/h5-6,8-9H,3-4,7H2,1-2H3,(H,15,17). The van der Waals surface area contributed by atoms with Crippen LogP contribution in [0.4, 0.5) is 5.69 Å². The van der Waals surface area contributed by atoms with Crippen LogP contribution in [-0.2, 0) is 4.79 Å². The van der Waals surface area contributed by atoms with Crippen molar-refractivity contribution >= 4 is 23.2 Å². The van der Waals surface area contributed by atoms with Gasteiger partial charge in [0.05, 0.1) is 4.92 Å². The molecule has 1 rings (SSSR count). The van der Waals surface area contributed by atoms with Crippen molar-refractivity contribution in [2.24, 2.45) is 0 Å². The number of nitrogens with zero attached hydrogens (tertiary/aromatic N) is 1. The lowest BCUT2D eigenvalue weighted by molar-refractivity contribution is -0.386. The molecule has 0 radical (unpaired) electrons. The van der Waals surface area contributed by atoms with Crippen LogP contribution >= 0.6 is 11.6 Å². The molecular weight excluding hydrogens is 284 g/mol. The van der Waals surface area contributed by atoms with Crippen LogP contribution in [-0.4, -0.2) is 23.5 Å². The maximum atomic E-state index is 11.7. The molecule has 7 heteroatoms. The van der Waals surface area contributed by atoms with E-state index in [1.165, 1.54) is 25.1 Å². The fourth-order valence-corrected chi connectivity index (χ4v) is 1.67. The number of nitro groups is 1. The molecule has 0 aliphatic rings. The highest BCUT2D eigenvalue weighted by Crippen LogP contribution is 2.30. The van der Waals surface area contributed by atoms with Crippen molar-refractivity contribution < 1.29 is 14.5 Å². The molecule has 0 aliphatic carbocycles. The zero-order valence-electron chi connectivity index (χ0n) is 11.4. The van der Waals surface area contributed by atoms with Gasteiger partial charge in [0.25, 0.3) is 5.91 Å². The number of benzene rings is 1. The van der Waals surface area contributed by atoms with Gasteiger partial charge in [-0.25, -0.2) is 0 Å². The molecule has 1 atom stereocenters. The lowest BCUT2D eigenvalue weighted by Gasteiger charge is -2.14. The van der Waals surface area contributed by atoms with Crippen molar-refractivity contribution in [3.05, 3.63) is 33.3 Å². The van der Waals surface area contributed by atoms with Crippen LogP contribution in [0.1, 0.15) is 26.7 Å². The molecule has 1 N–H and O–H groups in total. The third kappa shape index (κ3) is 4.70. The number of hydrogen-bond acceptors (Lipinski definition) is 4. The second kappa shape index (κ2) is 7.69. The van der Waals surface area contributed by atoms with Gasteiger partial charge in [0, 0.05) is 23.7 Å². The summed E-state index contributed by atoms with van der Waals surface area (Å²) in [5.41, 5.74) is -0.220. The Balaban J connectivity index is 2.74. The Labute approximate surface area is 122 Å². The topological polar surface area (TPSA) is 81.5 Å². The smallest absolute Gasteiger partial charge is 0.311 e. The first-order valence-electron chi connectivity index (χ1n) is 6.34. The molecule has 1 aromatic rings. The summed E-state index contributed by atoms with van der Waals surface area (Å²) >= 11 is 5.78. The molecule has 6 nitrogen and oxygen atoms in total. The van der Waals surface area contributed by atoms with Crippen LogP contribution in [0, 0.1) is 10.1 Å². The summed E-state index contributed by atoms with van der Waals surface area (Å²) < 4.78 is 5.34. The summed E-state index contributed by atoms with van der Waals surface area (Å²) in [6.45, 7) is 4.11. The lowest BCUT2D eigenvalue weighted by Crippen LogP contribution is -2.36. The zero-order valence-corrected chi connectivity index (χ0v) is 12.1. The van der Waals surface area contributed by atoms with E-state index in [0.29, 0.717) is 11.6 Å². The van der Waals surface area contributed by atoms with E-state index < -0.39 is 11.0 Å². The Morgan fingerprint density at radius 1 is 1.55 bits per heavy atom. The second-order valence-corrected chi connectivity index (χ2v) is 4.71. The minimum absolute atomic E-state index is 0.0133. The van der Waals surface area contributed by atoms with Crippen molar-refractivity contribution in [1.29, 1.82) is 0 Å². The molecule has 0 heterocycles. The van der Waals surface area contributed by atoms with Crippen molar-refractivity contribution in [2.45, 2.75) is 32.8 Å². The Morgan fingerprint density at radius 3 is 2.85 bits per heavy atom. The number of nitrogens with one attached hydrogen (secondary N) is 1. The molecule has 20 heavy (non-hydrogen) atoms. The molecular formula is C13H17ClN2O4. The van der Waals surface area contributed by atoms with Gasteiger partial charge in [-0.3, -0.25) is 14.9 Å². The van der Waals surface area contributed by atoms with Crippen LogP contribution in [0.15, 0.2) is 18.2 Å². The molecule has 0 saturated heterocycles. The SMILES string of the molecule is CCCCNC(=O)C(C)Oc1cc(Cl)ccc1[N+](=O)[O-]. The number of ether oxygens (including phenoxy) is 1. The first kappa shape index (κ1) is 16.2. The van der Waals surface area contributed by atoms with Gasteiger partial charge in [0.2, 0.25) is 0 Å². The van der Waals surface area contributed by atoms with Gasteiger partial charge in [-0.05, 0) is 19.4 Å². The monoisotopic (exact) mass is 300 g/mol. The first-order valence-corrected chi connectivity index (χ1v) is 6.71. The first-order chi connectivity index (χ1) is 9.45. The summed E-state index contributed by atoms with van der Waals surface area (Å²) in [7, 11) is 0. The highest BCUT2D eigenvalue weighted by atomic mass is 35.5. The van der Waals surface area contributed by atoms with Crippen molar-refractivity contribution in [2.75, 3.05) is 6.54 Å². The van der Waals surface area contributed by atoms with E-state index in [4.69, 9.17) is 16.3 Å². The minimum atomic E-state index is -0.830. The van der Waals surface area contributed by atoms with Gasteiger partial charge >= 0.3 is 5.69 Å². The van der Waals surface area contributed by atoms with E-state index in [1.807, 2.05) is 6.92 Å². The quantitative estimate of drug-likeness (QED) is 0.477. The molecule has 0 aromatic heterocycles. The predicted molar refractivity (Wildman–Crippen MR) is 76.1 cm³/mol. The number of halogens is 1. The van der Waals surface area contributed by atoms with Crippen molar-refractivity contribution in [1.82, 2.24) is 5.32 Å². The number of rotatable bonds is 7. The average molecular weight is 301 g/mol. The molecule has 0 aliphatic heterocycles. The summed E-state index contributed by atoms with van der Waals surface area (Å²) in [5.74, 6) is -0.326. The number of amides is 1. The van der Waals surface area contributed by atoms with Crippen LogP contribution < -0.4 is 10.1 Å². The average Bonchev–Trinajstić information content (AvgIpc) is 2.38. The number of hydrogen-bond donors (Lipinski definition) is 1. The van der Waals surface area contributed by atoms with E-state index in [2.05, 4.69) is 5.32 Å². The highest BCUT2D eigenvalue weighted by molar-refractivity contribution is 6.30. The molecule has 110 valence electrons. The van der Waals surface area contributed by atoms with Crippen molar-refractivity contribution in [3.8, 4) is 5.75 Å². The Hall–Kier alpha value is -1.82. The van der Waals surface area contributed by atoms with Crippen LogP contribution in [0.5, 0.6) is 5.75 Å². The molecule has 0 saturated carbocycles. The molecule has 0 spiro atoms. The molecule has 1 unspecified atom stereocenters. The predicted octanol–water partition coefficient (Wildman–Crippen LogP) is 2.93. The van der Waals surface area contributed by atoms with Gasteiger partial charge in [-0.2, -0.15) is 0 Å². The summed E-state index contributed by atoms with van der Waals surface area (Å²) in [6.07, 6.45) is 1.01. The van der Waals surface area contributed by atoms with E-state index >= 15 is 0 Å². The fourth-order valence-electron chi connectivity index (χ4n) is 1.51. The van der Waals surface area contributed by atoms with Crippen molar-refractivity contribution in [3.63, 3.8) is 0 Å². The Bertz CT molecular complexity index is 493. The highest BCUT2D eigenvalue weighted by Gasteiger charge is 2.21. The number of carbonyl (C=O) groups is 1. The second-order valence-electron chi connectivity index (χ2n) is 4.27.